The van der Waals surface area contributed by atoms with E-state index in [9.17, 15) is 4.79 Å². The van der Waals surface area contributed by atoms with Gasteiger partial charge in [0.1, 0.15) is 0 Å². The lowest BCUT2D eigenvalue weighted by molar-refractivity contribution is -0.132. The summed E-state index contributed by atoms with van der Waals surface area (Å²) in [4.78, 5) is 12.4. The average Bonchev–Trinajstić information content (AvgIpc) is 2.92. The summed E-state index contributed by atoms with van der Waals surface area (Å²) >= 11 is 0. The van der Waals surface area contributed by atoms with Crippen molar-refractivity contribution in [3.8, 4) is 0 Å². The molecule has 2 N–H and O–H groups in total. The molecule has 0 aromatic rings. The first-order chi connectivity index (χ1) is 8.77. The maximum atomic E-state index is 12.4. The maximum absolute atomic E-state index is 12.4. The quantitative estimate of drug-likeness (QED) is 0.778. The second-order valence-corrected chi connectivity index (χ2v) is 5.66. The Morgan fingerprint density at radius 2 is 2.22 bits per heavy atom. The lowest BCUT2D eigenvalue weighted by Gasteiger charge is -2.35. The summed E-state index contributed by atoms with van der Waals surface area (Å²) in [6, 6.07) is 0. The first-order valence-electron chi connectivity index (χ1n) is 7.33. The van der Waals surface area contributed by atoms with Gasteiger partial charge in [-0.1, -0.05) is 6.92 Å². The molecule has 2 rings (SSSR count). The fourth-order valence-electron chi connectivity index (χ4n) is 3.03. The van der Waals surface area contributed by atoms with Crippen LogP contribution < -0.4 is 10.6 Å². The highest BCUT2D eigenvalue weighted by Gasteiger charge is 2.37. The minimum Gasteiger partial charge on any atom is -0.381 e. The SMILES string of the molecule is CCC1(C(=O)NCCC2CCOC2)CCNCC1. The zero-order chi connectivity index (χ0) is 12.8. The lowest BCUT2D eigenvalue weighted by atomic mass is 9.76. The van der Waals surface area contributed by atoms with Gasteiger partial charge in [0.05, 0.1) is 5.41 Å². The molecule has 104 valence electrons. The fraction of sp³-hybridized carbons (Fsp3) is 0.929. The summed E-state index contributed by atoms with van der Waals surface area (Å²) in [5.41, 5.74) is -0.114. The Morgan fingerprint density at radius 1 is 1.44 bits per heavy atom. The molecule has 4 heteroatoms. The Balaban J connectivity index is 1.74. The number of carbonyl (C=O) groups is 1. The second-order valence-electron chi connectivity index (χ2n) is 5.66. The molecule has 2 aliphatic heterocycles. The van der Waals surface area contributed by atoms with Crippen molar-refractivity contribution in [2.45, 2.75) is 39.0 Å². The highest BCUT2D eigenvalue weighted by atomic mass is 16.5. The number of piperidine rings is 1. The fourth-order valence-corrected chi connectivity index (χ4v) is 3.03. The Bertz CT molecular complexity index is 269. The van der Waals surface area contributed by atoms with Crippen LogP contribution in [0.3, 0.4) is 0 Å². The first kappa shape index (κ1) is 13.8. The van der Waals surface area contributed by atoms with Crippen LogP contribution in [-0.4, -0.2) is 38.8 Å². The van der Waals surface area contributed by atoms with Crippen LogP contribution in [0.2, 0.25) is 0 Å². The maximum Gasteiger partial charge on any atom is 0.226 e. The van der Waals surface area contributed by atoms with Crippen molar-refractivity contribution in [3.05, 3.63) is 0 Å². The highest BCUT2D eigenvalue weighted by molar-refractivity contribution is 5.82. The predicted molar refractivity (Wildman–Crippen MR) is 71.4 cm³/mol. The number of carbonyl (C=O) groups excluding carboxylic acids is 1. The topological polar surface area (TPSA) is 50.4 Å². The number of hydrogen-bond acceptors (Lipinski definition) is 3. The Kier molecular flexibility index (Phi) is 5.01. The normalized spacial score (nSPS) is 27.1. The van der Waals surface area contributed by atoms with E-state index in [0.717, 1.165) is 65.0 Å². The molecule has 2 heterocycles. The van der Waals surface area contributed by atoms with E-state index in [1.54, 1.807) is 0 Å². The number of nitrogens with one attached hydrogen (secondary N) is 2. The van der Waals surface area contributed by atoms with Crippen LogP contribution in [0.5, 0.6) is 0 Å². The van der Waals surface area contributed by atoms with Gasteiger partial charge in [0.2, 0.25) is 5.91 Å². The van der Waals surface area contributed by atoms with Gasteiger partial charge in [-0.3, -0.25) is 4.79 Å². The molecule has 1 unspecified atom stereocenters. The Hall–Kier alpha value is -0.610. The van der Waals surface area contributed by atoms with Crippen LogP contribution in [0.25, 0.3) is 0 Å². The summed E-state index contributed by atoms with van der Waals surface area (Å²) in [5, 5.41) is 6.48. The largest absolute Gasteiger partial charge is 0.381 e. The molecule has 18 heavy (non-hydrogen) atoms. The van der Waals surface area contributed by atoms with Crippen LogP contribution >= 0.6 is 0 Å². The van der Waals surface area contributed by atoms with Gasteiger partial charge in [0, 0.05) is 19.8 Å². The summed E-state index contributed by atoms with van der Waals surface area (Å²) in [7, 11) is 0. The molecule has 0 aromatic heterocycles. The van der Waals surface area contributed by atoms with Crippen molar-refractivity contribution >= 4 is 5.91 Å². The van der Waals surface area contributed by atoms with Crippen LogP contribution in [0.15, 0.2) is 0 Å². The lowest BCUT2D eigenvalue weighted by Crippen LogP contribution is -2.47. The van der Waals surface area contributed by atoms with Gasteiger partial charge in [-0.15, -0.1) is 0 Å². The third kappa shape index (κ3) is 3.23. The number of hydrogen-bond donors (Lipinski definition) is 2. The van der Waals surface area contributed by atoms with Gasteiger partial charge in [-0.05, 0) is 51.1 Å². The third-order valence-corrected chi connectivity index (χ3v) is 4.58. The van der Waals surface area contributed by atoms with Gasteiger partial charge in [-0.25, -0.2) is 0 Å². The molecule has 1 amide bonds. The van der Waals surface area contributed by atoms with Gasteiger partial charge in [-0.2, -0.15) is 0 Å². The smallest absolute Gasteiger partial charge is 0.226 e. The molecule has 0 spiro atoms. The van der Waals surface area contributed by atoms with Crippen LogP contribution in [0, 0.1) is 11.3 Å². The van der Waals surface area contributed by atoms with Crippen molar-refractivity contribution in [1.29, 1.82) is 0 Å². The molecule has 0 radical (unpaired) electrons. The molecule has 0 aromatic carbocycles. The number of rotatable bonds is 5. The van der Waals surface area contributed by atoms with Crippen molar-refractivity contribution in [3.63, 3.8) is 0 Å². The predicted octanol–water partition coefficient (Wildman–Crippen LogP) is 1.31. The molecule has 4 nitrogen and oxygen atoms in total. The average molecular weight is 254 g/mol. The van der Waals surface area contributed by atoms with E-state index in [2.05, 4.69) is 17.6 Å². The molecule has 2 saturated heterocycles. The summed E-state index contributed by atoms with van der Waals surface area (Å²) in [6.07, 6.45) is 5.11. The van der Waals surface area contributed by atoms with E-state index in [0.29, 0.717) is 5.92 Å². The van der Waals surface area contributed by atoms with Crippen molar-refractivity contribution in [2.24, 2.45) is 11.3 Å². The van der Waals surface area contributed by atoms with E-state index in [1.807, 2.05) is 0 Å². The van der Waals surface area contributed by atoms with Crippen LogP contribution in [0.4, 0.5) is 0 Å². The van der Waals surface area contributed by atoms with E-state index in [1.165, 1.54) is 0 Å². The van der Waals surface area contributed by atoms with E-state index < -0.39 is 0 Å². The number of amides is 1. The summed E-state index contributed by atoms with van der Waals surface area (Å²) < 4.78 is 5.35. The van der Waals surface area contributed by atoms with Gasteiger partial charge in [0.15, 0.2) is 0 Å². The highest BCUT2D eigenvalue weighted by Crippen LogP contribution is 2.32. The first-order valence-corrected chi connectivity index (χ1v) is 7.33. The molecule has 0 aliphatic carbocycles. The van der Waals surface area contributed by atoms with Crippen molar-refractivity contribution < 1.29 is 9.53 Å². The summed E-state index contributed by atoms with van der Waals surface area (Å²) in [5.74, 6) is 0.918. The van der Waals surface area contributed by atoms with E-state index in [-0.39, 0.29) is 11.3 Å². The zero-order valence-corrected chi connectivity index (χ0v) is 11.5. The van der Waals surface area contributed by atoms with Crippen molar-refractivity contribution in [2.75, 3.05) is 32.8 Å². The second kappa shape index (κ2) is 6.53. The number of ether oxygens (including phenoxy) is 1. The van der Waals surface area contributed by atoms with Gasteiger partial charge >= 0.3 is 0 Å². The van der Waals surface area contributed by atoms with Gasteiger partial charge < -0.3 is 15.4 Å². The Morgan fingerprint density at radius 3 is 2.83 bits per heavy atom. The van der Waals surface area contributed by atoms with E-state index >= 15 is 0 Å². The minimum absolute atomic E-state index is 0.114. The molecule has 0 bridgehead atoms. The standard InChI is InChI=1S/C14H26N2O2/c1-2-14(5-8-15-9-6-14)13(17)16-7-3-12-4-10-18-11-12/h12,15H,2-11H2,1H3,(H,16,17). The minimum atomic E-state index is -0.114. The van der Waals surface area contributed by atoms with Crippen LogP contribution in [0.1, 0.15) is 39.0 Å². The molecule has 0 saturated carbocycles. The molecular weight excluding hydrogens is 228 g/mol. The molecular formula is C14H26N2O2. The van der Waals surface area contributed by atoms with Crippen LogP contribution in [-0.2, 0) is 9.53 Å². The van der Waals surface area contributed by atoms with E-state index in [4.69, 9.17) is 4.74 Å². The summed E-state index contributed by atoms with van der Waals surface area (Å²) in [6.45, 7) is 6.65. The molecule has 2 aliphatic rings. The Labute approximate surface area is 110 Å². The molecule has 1 atom stereocenters. The van der Waals surface area contributed by atoms with Gasteiger partial charge in [0.25, 0.3) is 0 Å². The third-order valence-electron chi connectivity index (χ3n) is 4.58. The van der Waals surface area contributed by atoms with Crippen molar-refractivity contribution in [1.82, 2.24) is 10.6 Å². The molecule has 2 fully saturated rings. The monoisotopic (exact) mass is 254 g/mol. The zero-order valence-electron chi connectivity index (χ0n) is 11.5.